The van der Waals surface area contributed by atoms with Crippen molar-refractivity contribution >= 4 is 33.1 Å². The van der Waals surface area contributed by atoms with Crippen LogP contribution in [0.2, 0.25) is 0 Å². The van der Waals surface area contributed by atoms with Gasteiger partial charge in [-0.15, -0.1) is 11.3 Å². The molecule has 0 bridgehead atoms. The number of para-hydroxylation sites is 1. The first-order valence-corrected chi connectivity index (χ1v) is 10.3. The Labute approximate surface area is 177 Å². The number of fused-ring (bicyclic) bond motifs is 1. The summed E-state index contributed by atoms with van der Waals surface area (Å²) in [4.78, 5) is 40.5. The zero-order chi connectivity index (χ0) is 21.4. The topological polar surface area (TPSA) is 73.1 Å². The highest BCUT2D eigenvalue weighted by atomic mass is 32.1. The number of thiophene rings is 1. The first kappa shape index (κ1) is 19.8. The average molecular weight is 420 g/mol. The highest BCUT2D eigenvalue weighted by molar-refractivity contribution is 7.18. The van der Waals surface area contributed by atoms with E-state index in [9.17, 15) is 14.4 Å². The summed E-state index contributed by atoms with van der Waals surface area (Å²) < 4.78 is 2.50. The molecule has 30 heavy (non-hydrogen) atoms. The normalized spacial score (nSPS) is 11.0. The smallest absolute Gasteiger partial charge is 0.325 e. The van der Waals surface area contributed by atoms with E-state index in [0.717, 1.165) is 20.6 Å². The van der Waals surface area contributed by atoms with E-state index in [1.807, 2.05) is 45.0 Å². The van der Waals surface area contributed by atoms with Crippen LogP contribution in [-0.4, -0.2) is 15.0 Å². The molecule has 2 aromatic heterocycles. The molecule has 1 amide bonds. The number of carbonyl (C=O) groups excluding carboxylic acids is 1. The van der Waals surface area contributed by atoms with Gasteiger partial charge in [-0.05, 0) is 62.2 Å². The van der Waals surface area contributed by atoms with Crippen LogP contribution >= 0.6 is 11.3 Å². The van der Waals surface area contributed by atoms with E-state index in [4.69, 9.17) is 0 Å². The maximum atomic E-state index is 13.3. The van der Waals surface area contributed by atoms with E-state index in [2.05, 4.69) is 5.32 Å². The van der Waals surface area contributed by atoms with Gasteiger partial charge in [-0.3, -0.25) is 14.2 Å². The summed E-state index contributed by atoms with van der Waals surface area (Å²) >= 11 is 1.33. The Morgan fingerprint density at radius 2 is 1.63 bits per heavy atom. The molecular formula is C23H21N3O3S. The van der Waals surface area contributed by atoms with Crippen LogP contribution in [0, 0.1) is 20.8 Å². The quantitative estimate of drug-likeness (QED) is 0.547. The lowest BCUT2D eigenvalue weighted by atomic mass is 10.1. The summed E-state index contributed by atoms with van der Waals surface area (Å²) in [6.07, 6.45) is 0. The van der Waals surface area contributed by atoms with Crippen molar-refractivity contribution in [3.63, 3.8) is 0 Å². The van der Waals surface area contributed by atoms with Crippen molar-refractivity contribution in [1.29, 1.82) is 0 Å². The molecule has 4 rings (SSSR count). The Kier molecular flexibility index (Phi) is 5.13. The molecule has 1 N–H and O–H groups in total. The highest BCUT2D eigenvalue weighted by Crippen LogP contribution is 2.22. The first-order chi connectivity index (χ1) is 14.3. The molecule has 0 saturated heterocycles. The highest BCUT2D eigenvalue weighted by Gasteiger charge is 2.18. The molecular weight excluding hydrogens is 398 g/mol. The third-order valence-corrected chi connectivity index (χ3v) is 5.83. The molecule has 7 heteroatoms. The van der Waals surface area contributed by atoms with Gasteiger partial charge < -0.3 is 5.32 Å². The summed E-state index contributed by atoms with van der Waals surface area (Å²) in [5.41, 5.74) is 2.32. The molecule has 6 nitrogen and oxygen atoms in total. The zero-order valence-electron chi connectivity index (χ0n) is 16.9. The van der Waals surface area contributed by atoms with Gasteiger partial charge in [0.15, 0.2) is 0 Å². The number of rotatable bonds is 4. The van der Waals surface area contributed by atoms with E-state index in [-0.39, 0.29) is 18.0 Å². The van der Waals surface area contributed by atoms with Gasteiger partial charge in [-0.25, -0.2) is 9.36 Å². The average Bonchev–Trinajstić information content (AvgIpc) is 3.07. The molecule has 4 aromatic rings. The summed E-state index contributed by atoms with van der Waals surface area (Å²) in [6, 6.07) is 16.3. The second-order valence-corrected chi connectivity index (χ2v) is 8.58. The minimum atomic E-state index is -0.531. The predicted molar refractivity (Wildman–Crippen MR) is 121 cm³/mol. The Hall–Kier alpha value is -3.45. The monoisotopic (exact) mass is 419 g/mol. The predicted octanol–water partition coefficient (Wildman–Crippen LogP) is 3.78. The van der Waals surface area contributed by atoms with Crippen LogP contribution < -0.4 is 16.6 Å². The second-order valence-electron chi connectivity index (χ2n) is 7.35. The van der Waals surface area contributed by atoms with Crippen molar-refractivity contribution < 1.29 is 4.79 Å². The third kappa shape index (κ3) is 3.71. The number of hydrogen-bond donors (Lipinski definition) is 1. The molecule has 0 fully saturated rings. The lowest BCUT2D eigenvalue weighted by Crippen LogP contribution is -2.40. The van der Waals surface area contributed by atoms with Crippen molar-refractivity contribution in [2.45, 2.75) is 27.3 Å². The fourth-order valence-electron chi connectivity index (χ4n) is 3.61. The number of hydrogen-bond acceptors (Lipinski definition) is 4. The van der Waals surface area contributed by atoms with Gasteiger partial charge in [0.1, 0.15) is 11.4 Å². The molecule has 0 atom stereocenters. The third-order valence-electron chi connectivity index (χ3n) is 4.76. The number of carbonyl (C=O) groups is 1. The van der Waals surface area contributed by atoms with Gasteiger partial charge in [0.25, 0.3) is 5.56 Å². The van der Waals surface area contributed by atoms with E-state index in [1.54, 1.807) is 30.3 Å². The van der Waals surface area contributed by atoms with Crippen molar-refractivity contribution in [1.82, 2.24) is 9.13 Å². The molecule has 0 aliphatic heterocycles. The Morgan fingerprint density at radius 3 is 2.30 bits per heavy atom. The van der Waals surface area contributed by atoms with Crippen molar-refractivity contribution in [3.05, 3.63) is 91.4 Å². The molecule has 0 aliphatic rings. The second kappa shape index (κ2) is 7.76. The Bertz CT molecular complexity index is 1360. The number of aromatic nitrogens is 2. The maximum Gasteiger partial charge on any atom is 0.337 e. The van der Waals surface area contributed by atoms with E-state index in [0.29, 0.717) is 21.6 Å². The number of anilines is 1. The van der Waals surface area contributed by atoms with Crippen LogP contribution in [0.3, 0.4) is 0 Å². The summed E-state index contributed by atoms with van der Waals surface area (Å²) in [5.74, 6) is -0.326. The largest absolute Gasteiger partial charge is 0.337 e. The van der Waals surface area contributed by atoms with Crippen molar-refractivity contribution in [2.24, 2.45) is 0 Å². The molecule has 0 radical (unpaired) electrons. The number of nitrogens with one attached hydrogen (secondary N) is 1. The molecule has 0 spiro atoms. The summed E-state index contributed by atoms with van der Waals surface area (Å²) in [6.45, 7) is 5.61. The minimum absolute atomic E-state index is 0.185. The van der Waals surface area contributed by atoms with Gasteiger partial charge >= 0.3 is 5.69 Å². The van der Waals surface area contributed by atoms with Crippen LogP contribution in [0.15, 0.2) is 64.2 Å². The van der Waals surface area contributed by atoms with Gasteiger partial charge in [-0.1, -0.05) is 24.3 Å². The number of benzene rings is 2. The Morgan fingerprint density at radius 1 is 0.967 bits per heavy atom. The van der Waals surface area contributed by atoms with Crippen LogP contribution in [0.25, 0.3) is 15.9 Å². The van der Waals surface area contributed by atoms with Crippen molar-refractivity contribution in [2.75, 3.05) is 5.32 Å². The van der Waals surface area contributed by atoms with Crippen LogP contribution in [0.5, 0.6) is 0 Å². The number of aryl methyl sites for hydroxylation is 3. The number of amides is 1. The van der Waals surface area contributed by atoms with Gasteiger partial charge in [0, 0.05) is 10.6 Å². The van der Waals surface area contributed by atoms with E-state index in [1.165, 1.54) is 15.9 Å². The molecule has 0 saturated carbocycles. The van der Waals surface area contributed by atoms with Crippen LogP contribution in [0.1, 0.15) is 16.0 Å². The van der Waals surface area contributed by atoms with Crippen LogP contribution in [0.4, 0.5) is 5.69 Å². The van der Waals surface area contributed by atoms with E-state index < -0.39 is 5.69 Å². The molecule has 0 unspecified atom stereocenters. The summed E-state index contributed by atoms with van der Waals surface area (Å²) in [5, 5.41) is 3.29. The van der Waals surface area contributed by atoms with E-state index >= 15 is 0 Å². The summed E-state index contributed by atoms with van der Waals surface area (Å²) in [7, 11) is 0. The fourth-order valence-corrected chi connectivity index (χ4v) is 4.60. The standard InChI is InChI=1S/C23H21N3O3S/c1-14-9-15(2)11-17(10-14)24-20(27)13-25-22-19(12-16(3)30-22)21(28)26(23(25)29)18-7-5-4-6-8-18/h4-12H,13H2,1-3H3,(H,24,27). The van der Waals surface area contributed by atoms with Gasteiger partial charge in [0.2, 0.25) is 5.91 Å². The van der Waals surface area contributed by atoms with Gasteiger partial charge in [0.05, 0.1) is 11.1 Å². The maximum absolute atomic E-state index is 13.3. The molecule has 2 heterocycles. The fraction of sp³-hybridized carbons (Fsp3) is 0.174. The lowest BCUT2D eigenvalue weighted by Gasteiger charge is -2.13. The van der Waals surface area contributed by atoms with Gasteiger partial charge in [-0.2, -0.15) is 0 Å². The first-order valence-electron chi connectivity index (χ1n) is 9.53. The Balaban J connectivity index is 1.81. The lowest BCUT2D eigenvalue weighted by molar-refractivity contribution is -0.116. The number of nitrogens with zero attached hydrogens (tertiary/aromatic N) is 2. The molecule has 2 aromatic carbocycles. The zero-order valence-corrected chi connectivity index (χ0v) is 17.7. The van der Waals surface area contributed by atoms with Crippen LogP contribution in [-0.2, 0) is 11.3 Å². The van der Waals surface area contributed by atoms with Crippen molar-refractivity contribution in [3.8, 4) is 5.69 Å². The SMILES string of the molecule is Cc1cc(C)cc(NC(=O)Cn2c(=O)n(-c3ccccc3)c(=O)c3cc(C)sc32)c1. The molecule has 0 aliphatic carbocycles. The minimum Gasteiger partial charge on any atom is -0.325 e. The molecule has 152 valence electrons.